The van der Waals surface area contributed by atoms with E-state index in [1.165, 1.54) is 11.1 Å². The Balaban J connectivity index is 1.23. The number of hydrogen-bond donors (Lipinski definition) is 0. The first-order valence-electron chi connectivity index (χ1n) is 8.89. The van der Waals surface area contributed by atoms with Crippen LogP contribution in [-0.4, -0.2) is 39.7 Å². The molecular weight excluding hydrogens is 328 g/mol. The van der Waals surface area contributed by atoms with E-state index in [-0.39, 0.29) is 0 Å². The topological polar surface area (TPSA) is 64.3 Å². The molecule has 6 nitrogen and oxygen atoms in total. The molecule has 0 amide bonds. The van der Waals surface area contributed by atoms with E-state index >= 15 is 0 Å². The Bertz CT molecular complexity index is 844. The molecule has 1 aromatic carbocycles. The summed E-state index contributed by atoms with van der Waals surface area (Å²) in [5.41, 5.74) is 2.46. The van der Waals surface area contributed by atoms with Gasteiger partial charge < -0.3 is 9.26 Å². The highest BCUT2D eigenvalue weighted by molar-refractivity contribution is 5.27. The van der Waals surface area contributed by atoms with E-state index in [0.29, 0.717) is 24.8 Å². The summed E-state index contributed by atoms with van der Waals surface area (Å²) in [4.78, 5) is 10.9. The minimum atomic E-state index is 0.329. The molecule has 0 N–H and O–H groups in total. The standard InChI is InChI=1S/C20H22N4O2/c1-15-3-2-4-18(11-15)25-10-7-19-22-20(26-23-19)17-13-24(14-17)12-16-5-8-21-9-6-16/h2-6,8-9,11,17H,7,10,12-14H2,1H3. The molecule has 0 spiro atoms. The smallest absolute Gasteiger partial charge is 0.232 e. The van der Waals surface area contributed by atoms with Crippen LogP contribution < -0.4 is 4.74 Å². The zero-order valence-corrected chi connectivity index (χ0v) is 14.8. The van der Waals surface area contributed by atoms with Gasteiger partial charge in [0.2, 0.25) is 5.89 Å². The zero-order valence-electron chi connectivity index (χ0n) is 14.8. The Labute approximate surface area is 152 Å². The lowest BCUT2D eigenvalue weighted by atomic mass is 9.99. The Kier molecular flexibility index (Phi) is 4.93. The number of aryl methyl sites for hydroxylation is 1. The van der Waals surface area contributed by atoms with Crippen molar-refractivity contribution < 1.29 is 9.26 Å². The lowest BCUT2D eigenvalue weighted by molar-refractivity contribution is 0.117. The van der Waals surface area contributed by atoms with E-state index in [0.717, 1.165) is 31.3 Å². The van der Waals surface area contributed by atoms with Gasteiger partial charge in [0.05, 0.1) is 12.5 Å². The Morgan fingerprint density at radius 1 is 1.19 bits per heavy atom. The number of hydrogen-bond acceptors (Lipinski definition) is 6. The summed E-state index contributed by atoms with van der Waals surface area (Å²) >= 11 is 0. The van der Waals surface area contributed by atoms with E-state index in [9.17, 15) is 0 Å². The average molecular weight is 350 g/mol. The van der Waals surface area contributed by atoms with Gasteiger partial charge in [0, 0.05) is 38.4 Å². The lowest BCUT2D eigenvalue weighted by Crippen LogP contribution is -2.44. The monoisotopic (exact) mass is 350 g/mol. The van der Waals surface area contributed by atoms with Crippen molar-refractivity contribution in [1.29, 1.82) is 0 Å². The number of ether oxygens (including phenoxy) is 1. The van der Waals surface area contributed by atoms with Gasteiger partial charge in [-0.3, -0.25) is 9.88 Å². The van der Waals surface area contributed by atoms with E-state index in [1.807, 2.05) is 42.7 Å². The van der Waals surface area contributed by atoms with Gasteiger partial charge in [0.15, 0.2) is 5.82 Å². The van der Waals surface area contributed by atoms with Gasteiger partial charge >= 0.3 is 0 Å². The van der Waals surface area contributed by atoms with Gasteiger partial charge in [0.1, 0.15) is 5.75 Å². The first-order chi connectivity index (χ1) is 12.8. The molecule has 0 bridgehead atoms. The van der Waals surface area contributed by atoms with Crippen LogP contribution in [0.25, 0.3) is 0 Å². The van der Waals surface area contributed by atoms with Crippen molar-refractivity contribution in [2.75, 3.05) is 19.7 Å². The van der Waals surface area contributed by atoms with Crippen LogP contribution in [0.15, 0.2) is 53.3 Å². The molecular formula is C20H22N4O2. The van der Waals surface area contributed by atoms with Crippen LogP contribution in [0.1, 0.15) is 28.8 Å². The van der Waals surface area contributed by atoms with Gasteiger partial charge in [-0.2, -0.15) is 4.98 Å². The van der Waals surface area contributed by atoms with Crippen LogP contribution >= 0.6 is 0 Å². The van der Waals surface area contributed by atoms with Crippen LogP contribution in [0, 0.1) is 6.92 Å². The summed E-state index contributed by atoms with van der Waals surface area (Å²) in [7, 11) is 0. The molecule has 1 aliphatic rings. The fourth-order valence-electron chi connectivity index (χ4n) is 3.10. The van der Waals surface area contributed by atoms with Gasteiger partial charge in [-0.15, -0.1) is 0 Å². The SMILES string of the molecule is Cc1cccc(OCCc2noc(C3CN(Cc4ccncc4)C3)n2)c1. The zero-order chi connectivity index (χ0) is 17.8. The summed E-state index contributed by atoms with van der Waals surface area (Å²) in [6.45, 7) is 5.42. The third-order valence-electron chi connectivity index (χ3n) is 4.53. The highest BCUT2D eigenvalue weighted by Gasteiger charge is 2.32. The number of aromatic nitrogens is 3. The molecule has 4 rings (SSSR count). The molecule has 3 heterocycles. The summed E-state index contributed by atoms with van der Waals surface area (Å²) < 4.78 is 11.2. The summed E-state index contributed by atoms with van der Waals surface area (Å²) in [6, 6.07) is 12.1. The van der Waals surface area contributed by atoms with Gasteiger partial charge in [-0.1, -0.05) is 17.3 Å². The molecule has 134 valence electrons. The largest absolute Gasteiger partial charge is 0.493 e. The van der Waals surface area contributed by atoms with Crippen molar-refractivity contribution in [2.45, 2.75) is 25.8 Å². The Hall–Kier alpha value is -2.73. The molecule has 0 unspecified atom stereocenters. The molecule has 3 aromatic rings. The van der Waals surface area contributed by atoms with E-state index in [1.54, 1.807) is 0 Å². The maximum absolute atomic E-state index is 5.75. The van der Waals surface area contributed by atoms with Gasteiger partial charge in [0.25, 0.3) is 0 Å². The Morgan fingerprint density at radius 2 is 2.04 bits per heavy atom. The number of benzene rings is 1. The average Bonchev–Trinajstić information content (AvgIpc) is 3.07. The predicted molar refractivity (Wildman–Crippen MR) is 96.9 cm³/mol. The highest BCUT2D eigenvalue weighted by atomic mass is 16.5. The summed E-state index contributed by atoms with van der Waals surface area (Å²) in [6.07, 6.45) is 4.30. The lowest BCUT2D eigenvalue weighted by Gasteiger charge is -2.37. The number of nitrogens with zero attached hydrogens (tertiary/aromatic N) is 4. The fraction of sp³-hybridized carbons (Fsp3) is 0.350. The molecule has 2 aromatic heterocycles. The first kappa shape index (κ1) is 16.7. The second-order valence-electron chi connectivity index (χ2n) is 6.71. The van der Waals surface area contributed by atoms with Crippen molar-refractivity contribution in [3.63, 3.8) is 0 Å². The molecule has 1 aliphatic heterocycles. The normalized spacial score (nSPS) is 15.0. The van der Waals surface area contributed by atoms with Crippen molar-refractivity contribution >= 4 is 0 Å². The quantitative estimate of drug-likeness (QED) is 0.653. The maximum atomic E-state index is 5.75. The molecule has 6 heteroatoms. The molecule has 1 fully saturated rings. The van der Waals surface area contributed by atoms with Gasteiger partial charge in [-0.25, -0.2) is 0 Å². The van der Waals surface area contributed by atoms with Gasteiger partial charge in [-0.05, 0) is 42.3 Å². The molecule has 0 atom stereocenters. The minimum Gasteiger partial charge on any atom is -0.493 e. The maximum Gasteiger partial charge on any atom is 0.232 e. The first-order valence-corrected chi connectivity index (χ1v) is 8.89. The second-order valence-corrected chi connectivity index (χ2v) is 6.71. The minimum absolute atomic E-state index is 0.329. The number of pyridine rings is 1. The molecule has 1 saturated heterocycles. The second kappa shape index (κ2) is 7.66. The number of likely N-dealkylation sites (tertiary alicyclic amines) is 1. The van der Waals surface area contributed by atoms with E-state index < -0.39 is 0 Å². The van der Waals surface area contributed by atoms with Crippen molar-refractivity contribution in [3.05, 3.63) is 71.6 Å². The van der Waals surface area contributed by atoms with Crippen LogP contribution in [0.5, 0.6) is 5.75 Å². The number of rotatable bonds is 7. The molecule has 0 saturated carbocycles. The third-order valence-corrected chi connectivity index (χ3v) is 4.53. The molecule has 0 radical (unpaired) electrons. The predicted octanol–water partition coefficient (Wildman–Crippen LogP) is 2.99. The fourth-order valence-corrected chi connectivity index (χ4v) is 3.10. The highest BCUT2D eigenvalue weighted by Crippen LogP contribution is 2.27. The van der Waals surface area contributed by atoms with E-state index in [2.05, 4.69) is 33.0 Å². The van der Waals surface area contributed by atoms with Crippen molar-refractivity contribution in [3.8, 4) is 5.75 Å². The van der Waals surface area contributed by atoms with Crippen LogP contribution in [0.3, 0.4) is 0 Å². The summed E-state index contributed by atoms with van der Waals surface area (Å²) in [5.74, 6) is 2.65. The molecule has 0 aliphatic carbocycles. The Morgan fingerprint density at radius 3 is 2.85 bits per heavy atom. The van der Waals surface area contributed by atoms with Crippen LogP contribution in [0.2, 0.25) is 0 Å². The van der Waals surface area contributed by atoms with E-state index in [4.69, 9.17) is 9.26 Å². The summed E-state index contributed by atoms with van der Waals surface area (Å²) in [5, 5.41) is 4.08. The van der Waals surface area contributed by atoms with Crippen molar-refractivity contribution in [1.82, 2.24) is 20.0 Å². The van der Waals surface area contributed by atoms with Crippen molar-refractivity contribution in [2.24, 2.45) is 0 Å². The molecule has 26 heavy (non-hydrogen) atoms. The third kappa shape index (κ3) is 4.08. The van der Waals surface area contributed by atoms with Crippen LogP contribution in [0.4, 0.5) is 0 Å². The van der Waals surface area contributed by atoms with Crippen LogP contribution in [-0.2, 0) is 13.0 Å².